The van der Waals surface area contributed by atoms with E-state index in [4.69, 9.17) is 9.47 Å². The first-order valence-electron chi connectivity index (χ1n) is 12.9. The van der Waals surface area contributed by atoms with Gasteiger partial charge in [-0.1, -0.05) is 109 Å². The summed E-state index contributed by atoms with van der Waals surface area (Å²) >= 11 is 0. The van der Waals surface area contributed by atoms with Crippen molar-refractivity contribution in [2.24, 2.45) is 0 Å². The Balaban J connectivity index is 1.42. The lowest BCUT2D eigenvalue weighted by Gasteiger charge is -2.24. The van der Waals surface area contributed by atoms with Crippen molar-refractivity contribution in [1.82, 2.24) is 0 Å². The van der Waals surface area contributed by atoms with Gasteiger partial charge in [-0.25, -0.2) is 0 Å². The highest BCUT2D eigenvalue weighted by molar-refractivity contribution is 5.91. The zero-order valence-corrected chi connectivity index (χ0v) is 21.4. The molecule has 0 aliphatic rings. The molecule has 6 aromatic carbocycles. The summed E-state index contributed by atoms with van der Waals surface area (Å²) < 4.78 is 11.8. The molecule has 0 aromatic heterocycles. The van der Waals surface area contributed by atoms with Gasteiger partial charge in [0.2, 0.25) is 0 Å². The Hall–Kier alpha value is -4.63. The minimum Gasteiger partial charge on any atom is -0.497 e. The van der Waals surface area contributed by atoms with Crippen LogP contribution in [-0.4, -0.2) is 13.1 Å². The van der Waals surface area contributed by atoms with Gasteiger partial charge in [-0.3, -0.25) is 4.79 Å². The van der Waals surface area contributed by atoms with Crippen molar-refractivity contribution in [3.8, 4) is 5.75 Å². The minimum absolute atomic E-state index is 0.260. The van der Waals surface area contributed by atoms with Crippen molar-refractivity contribution in [2.75, 3.05) is 7.11 Å². The predicted molar refractivity (Wildman–Crippen MR) is 155 cm³/mol. The number of hydrogen-bond donors (Lipinski definition) is 0. The third kappa shape index (κ3) is 4.37. The number of esters is 1. The van der Waals surface area contributed by atoms with Gasteiger partial charge in [0.1, 0.15) is 5.75 Å². The molecular formula is C35H28O3. The number of ether oxygens (including phenoxy) is 2. The molecule has 0 amide bonds. The third-order valence-corrected chi connectivity index (χ3v) is 7.37. The van der Waals surface area contributed by atoms with Crippen molar-refractivity contribution in [2.45, 2.75) is 18.9 Å². The molecule has 0 radical (unpaired) electrons. The largest absolute Gasteiger partial charge is 0.497 e. The number of methoxy groups -OCH3 is 1. The molecule has 6 aromatic rings. The molecule has 0 saturated carbocycles. The Morgan fingerprint density at radius 2 is 1.16 bits per heavy atom. The summed E-state index contributed by atoms with van der Waals surface area (Å²) in [6.45, 7) is 1.91. The van der Waals surface area contributed by atoms with Gasteiger partial charge < -0.3 is 9.47 Å². The van der Waals surface area contributed by atoms with Crippen LogP contribution in [0.5, 0.6) is 5.75 Å². The maximum atomic E-state index is 13.8. The van der Waals surface area contributed by atoms with E-state index in [9.17, 15) is 4.79 Å². The molecule has 38 heavy (non-hydrogen) atoms. The van der Waals surface area contributed by atoms with Gasteiger partial charge in [-0.15, -0.1) is 0 Å². The van der Waals surface area contributed by atoms with Crippen molar-refractivity contribution in [3.05, 3.63) is 138 Å². The van der Waals surface area contributed by atoms with E-state index in [2.05, 4.69) is 54.6 Å². The van der Waals surface area contributed by atoms with E-state index in [0.717, 1.165) is 54.8 Å². The van der Waals surface area contributed by atoms with E-state index in [-0.39, 0.29) is 5.97 Å². The molecule has 0 N–H and O–H groups in total. The molecule has 0 fully saturated rings. The Kier molecular flexibility index (Phi) is 6.27. The quantitative estimate of drug-likeness (QED) is 0.217. The van der Waals surface area contributed by atoms with Crippen molar-refractivity contribution >= 4 is 38.3 Å². The summed E-state index contributed by atoms with van der Waals surface area (Å²) in [4.78, 5) is 13.8. The molecule has 0 aliphatic carbocycles. The van der Waals surface area contributed by atoms with Crippen LogP contribution in [-0.2, 0) is 9.53 Å². The SMILES string of the molecule is COc1ccc2cc([C@H](C)C(=O)OC(c3cccc4ccccc34)c3cccc4ccccc34)ccc2c1. The number of benzene rings is 6. The summed E-state index contributed by atoms with van der Waals surface area (Å²) in [6.07, 6.45) is -0.549. The molecule has 0 bridgehead atoms. The second-order valence-electron chi connectivity index (χ2n) is 9.65. The van der Waals surface area contributed by atoms with Crippen LogP contribution >= 0.6 is 0 Å². The first-order valence-corrected chi connectivity index (χ1v) is 12.9. The van der Waals surface area contributed by atoms with Gasteiger partial charge >= 0.3 is 5.97 Å². The fourth-order valence-electron chi connectivity index (χ4n) is 5.25. The summed E-state index contributed by atoms with van der Waals surface area (Å²) in [5.74, 6) is 0.114. The molecule has 186 valence electrons. The Morgan fingerprint density at radius 3 is 1.79 bits per heavy atom. The summed E-state index contributed by atoms with van der Waals surface area (Å²) in [6, 6.07) is 40.9. The molecule has 1 atom stereocenters. The molecule has 0 heterocycles. The highest BCUT2D eigenvalue weighted by atomic mass is 16.5. The fraction of sp³-hybridized carbons (Fsp3) is 0.114. The molecule has 0 spiro atoms. The molecule has 0 aliphatic heterocycles. The van der Waals surface area contributed by atoms with E-state index in [1.54, 1.807) is 7.11 Å². The molecular weight excluding hydrogens is 468 g/mol. The normalized spacial score (nSPS) is 12.2. The third-order valence-electron chi connectivity index (χ3n) is 7.37. The molecule has 0 unspecified atom stereocenters. The highest BCUT2D eigenvalue weighted by Crippen LogP contribution is 2.37. The number of hydrogen-bond acceptors (Lipinski definition) is 3. The number of carbonyl (C=O) groups excluding carboxylic acids is 1. The molecule has 0 saturated heterocycles. The van der Waals surface area contributed by atoms with Crippen molar-refractivity contribution in [3.63, 3.8) is 0 Å². The average Bonchev–Trinajstić information content (AvgIpc) is 2.98. The van der Waals surface area contributed by atoms with E-state index in [1.807, 2.05) is 73.7 Å². The van der Waals surface area contributed by atoms with Crippen LogP contribution in [0, 0.1) is 0 Å². The molecule has 6 rings (SSSR count). The lowest BCUT2D eigenvalue weighted by molar-refractivity contribution is -0.148. The Morgan fingerprint density at radius 1 is 0.605 bits per heavy atom. The average molecular weight is 497 g/mol. The maximum Gasteiger partial charge on any atom is 0.314 e. The zero-order chi connectivity index (χ0) is 26.1. The van der Waals surface area contributed by atoms with Crippen molar-refractivity contribution < 1.29 is 14.3 Å². The van der Waals surface area contributed by atoms with E-state index in [1.165, 1.54) is 0 Å². The van der Waals surface area contributed by atoms with E-state index >= 15 is 0 Å². The van der Waals surface area contributed by atoms with Crippen LogP contribution in [0.25, 0.3) is 32.3 Å². The fourth-order valence-corrected chi connectivity index (χ4v) is 5.25. The molecule has 3 heteroatoms. The topological polar surface area (TPSA) is 35.5 Å². The summed E-state index contributed by atoms with van der Waals surface area (Å²) in [5.41, 5.74) is 2.87. The second kappa shape index (κ2) is 10.0. The van der Waals surface area contributed by atoms with Gasteiger partial charge in [0.05, 0.1) is 13.0 Å². The standard InChI is InChI=1S/C35H28O3/c1-23(26-17-18-28-22-29(37-2)20-19-27(28)21-26)35(36)38-34(32-15-7-11-24-9-3-5-13-30(24)32)33-16-8-12-25-10-4-6-14-31(25)33/h3-23,34H,1-2H3/t23-/m0/s1. The van der Waals surface area contributed by atoms with E-state index in [0.29, 0.717) is 0 Å². The first-order chi connectivity index (χ1) is 18.6. The first kappa shape index (κ1) is 23.7. The van der Waals surface area contributed by atoms with Crippen LogP contribution in [0.3, 0.4) is 0 Å². The van der Waals surface area contributed by atoms with Crippen LogP contribution < -0.4 is 4.74 Å². The van der Waals surface area contributed by atoms with Crippen molar-refractivity contribution in [1.29, 1.82) is 0 Å². The monoisotopic (exact) mass is 496 g/mol. The van der Waals surface area contributed by atoms with Crippen LogP contribution in [0.1, 0.15) is 35.6 Å². The predicted octanol–water partition coefficient (Wildman–Crippen LogP) is 8.59. The maximum absolute atomic E-state index is 13.8. The summed E-state index contributed by atoms with van der Waals surface area (Å²) in [7, 11) is 1.66. The van der Waals surface area contributed by atoms with Gasteiger partial charge in [-0.05, 0) is 56.9 Å². The Labute approximate surface area is 222 Å². The molecule has 3 nitrogen and oxygen atoms in total. The van der Waals surface area contributed by atoms with Gasteiger partial charge in [0, 0.05) is 11.1 Å². The lowest BCUT2D eigenvalue weighted by atomic mass is 9.92. The summed E-state index contributed by atoms with van der Waals surface area (Å²) in [5, 5.41) is 6.51. The minimum atomic E-state index is -0.549. The second-order valence-corrected chi connectivity index (χ2v) is 9.65. The zero-order valence-electron chi connectivity index (χ0n) is 21.4. The number of carbonyl (C=O) groups is 1. The number of fused-ring (bicyclic) bond motifs is 3. The van der Waals surface area contributed by atoms with E-state index < -0.39 is 12.0 Å². The smallest absolute Gasteiger partial charge is 0.314 e. The van der Waals surface area contributed by atoms with Crippen LogP contribution in [0.2, 0.25) is 0 Å². The van der Waals surface area contributed by atoms with Gasteiger partial charge in [-0.2, -0.15) is 0 Å². The Bertz CT molecular complexity index is 1700. The van der Waals surface area contributed by atoms with Crippen LogP contribution in [0.15, 0.2) is 121 Å². The lowest BCUT2D eigenvalue weighted by Crippen LogP contribution is -2.18. The van der Waals surface area contributed by atoms with Crippen LogP contribution in [0.4, 0.5) is 0 Å². The van der Waals surface area contributed by atoms with Gasteiger partial charge in [0.15, 0.2) is 6.10 Å². The highest BCUT2D eigenvalue weighted by Gasteiger charge is 2.26. The number of rotatable bonds is 6. The van der Waals surface area contributed by atoms with Gasteiger partial charge in [0.25, 0.3) is 0 Å².